The van der Waals surface area contributed by atoms with Gasteiger partial charge in [-0.25, -0.2) is 19.3 Å². The highest BCUT2D eigenvalue weighted by molar-refractivity contribution is 5.98. The Kier molecular flexibility index (Phi) is 5.30. The maximum absolute atomic E-state index is 16.1. The van der Waals surface area contributed by atoms with Crippen molar-refractivity contribution in [1.82, 2.24) is 39.7 Å². The van der Waals surface area contributed by atoms with Crippen LogP contribution in [0.25, 0.3) is 50.4 Å². The molecular weight excluding hydrogens is 485 g/mol. The fourth-order valence-electron chi connectivity index (χ4n) is 4.22. The Bertz CT molecular complexity index is 1840. The van der Waals surface area contributed by atoms with Crippen molar-refractivity contribution in [2.24, 2.45) is 5.41 Å². The molecule has 38 heavy (non-hydrogen) atoms. The van der Waals surface area contributed by atoms with Crippen molar-refractivity contribution in [1.29, 1.82) is 0 Å². The van der Waals surface area contributed by atoms with Gasteiger partial charge in [0, 0.05) is 35.1 Å². The van der Waals surface area contributed by atoms with Crippen LogP contribution in [0.1, 0.15) is 26.5 Å². The number of carbonyl (C=O) groups excluding carboxylic acids is 1. The van der Waals surface area contributed by atoms with Gasteiger partial charge >= 0.3 is 0 Å². The number of nitrogens with zero attached hydrogens (tertiary/aromatic N) is 6. The van der Waals surface area contributed by atoms with Crippen molar-refractivity contribution < 1.29 is 9.18 Å². The number of aryl methyl sites for hydroxylation is 1. The van der Waals surface area contributed by atoms with Crippen LogP contribution in [0.4, 0.5) is 10.1 Å². The molecule has 6 rings (SSSR count). The van der Waals surface area contributed by atoms with Gasteiger partial charge in [0.25, 0.3) is 0 Å². The summed E-state index contributed by atoms with van der Waals surface area (Å²) in [4.78, 5) is 33.2. The van der Waals surface area contributed by atoms with Crippen LogP contribution < -0.4 is 5.32 Å². The smallest absolute Gasteiger partial charge is 0.229 e. The molecule has 0 aliphatic rings. The van der Waals surface area contributed by atoms with Crippen molar-refractivity contribution in [3.63, 3.8) is 0 Å². The van der Waals surface area contributed by atoms with Crippen LogP contribution in [-0.4, -0.2) is 45.6 Å². The van der Waals surface area contributed by atoms with Crippen molar-refractivity contribution in [3.05, 3.63) is 66.9 Å². The molecule has 1 aromatic carbocycles. The fraction of sp³-hybridized carbons (Fsp3) is 0.185. The number of benzene rings is 1. The van der Waals surface area contributed by atoms with Crippen LogP contribution in [0.2, 0.25) is 0 Å². The van der Waals surface area contributed by atoms with E-state index in [1.807, 2.05) is 44.5 Å². The van der Waals surface area contributed by atoms with Crippen molar-refractivity contribution in [2.75, 3.05) is 5.32 Å². The molecule has 3 N–H and O–H groups in total. The summed E-state index contributed by atoms with van der Waals surface area (Å²) >= 11 is 0. The number of aromatic nitrogens is 8. The third kappa shape index (κ3) is 3.97. The number of fused-ring (bicyclic) bond motifs is 2. The second kappa shape index (κ2) is 8.58. The van der Waals surface area contributed by atoms with Gasteiger partial charge in [-0.2, -0.15) is 5.10 Å². The molecule has 11 heteroatoms. The van der Waals surface area contributed by atoms with E-state index in [1.54, 1.807) is 36.9 Å². The Hall–Kier alpha value is -4.93. The van der Waals surface area contributed by atoms with Crippen LogP contribution in [0.5, 0.6) is 0 Å². The Balaban J connectivity index is 1.44. The maximum atomic E-state index is 16.1. The summed E-state index contributed by atoms with van der Waals surface area (Å²) in [5.74, 6) is -0.261. The van der Waals surface area contributed by atoms with Gasteiger partial charge in [0.05, 0.1) is 40.5 Å². The lowest BCUT2D eigenvalue weighted by Gasteiger charge is -2.17. The molecular formula is C27H24FN9O. The summed E-state index contributed by atoms with van der Waals surface area (Å²) in [6.45, 7) is 7.37. The zero-order chi connectivity index (χ0) is 26.6. The van der Waals surface area contributed by atoms with E-state index in [-0.39, 0.29) is 11.3 Å². The van der Waals surface area contributed by atoms with Crippen molar-refractivity contribution in [2.45, 2.75) is 27.7 Å². The molecule has 0 aliphatic heterocycles. The molecule has 0 saturated heterocycles. The van der Waals surface area contributed by atoms with E-state index >= 15 is 4.39 Å². The molecule has 190 valence electrons. The van der Waals surface area contributed by atoms with E-state index in [2.05, 4.69) is 40.4 Å². The van der Waals surface area contributed by atoms with Crippen molar-refractivity contribution >= 4 is 33.7 Å². The van der Waals surface area contributed by atoms with Gasteiger partial charge in [-0.15, -0.1) is 0 Å². The zero-order valence-electron chi connectivity index (χ0n) is 21.2. The second-order valence-electron chi connectivity index (χ2n) is 10.1. The number of aromatic amines is 2. The molecule has 0 unspecified atom stereocenters. The van der Waals surface area contributed by atoms with E-state index in [0.717, 1.165) is 11.4 Å². The Morgan fingerprint density at radius 2 is 1.97 bits per heavy atom. The monoisotopic (exact) mass is 509 g/mol. The van der Waals surface area contributed by atoms with Gasteiger partial charge in [0.15, 0.2) is 11.5 Å². The number of imidazole rings is 2. The first-order chi connectivity index (χ1) is 18.2. The number of rotatable bonds is 4. The number of carbonyl (C=O) groups is 1. The van der Waals surface area contributed by atoms with Gasteiger partial charge < -0.3 is 14.9 Å². The first-order valence-corrected chi connectivity index (χ1v) is 12.0. The average molecular weight is 510 g/mol. The Labute approximate surface area is 216 Å². The molecule has 0 saturated carbocycles. The third-order valence-electron chi connectivity index (χ3n) is 6.24. The van der Waals surface area contributed by atoms with Crippen LogP contribution in [0.15, 0.2) is 55.4 Å². The topological polar surface area (TPSA) is 130 Å². The largest absolute Gasteiger partial charge is 0.333 e. The summed E-state index contributed by atoms with van der Waals surface area (Å²) in [5.41, 5.74) is 4.44. The lowest BCUT2D eigenvalue weighted by molar-refractivity contribution is -0.123. The van der Waals surface area contributed by atoms with E-state index < -0.39 is 11.2 Å². The quantitative estimate of drug-likeness (QED) is 0.300. The molecule has 1 amide bonds. The summed E-state index contributed by atoms with van der Waals surface area (Å²) in [7, 11) is 0. The van der Waals surface area contributed by atoms with Gasteiger partial charge in [-0.3, -0.25) is 14.9 Å². The van der Waals surface area contributed by atoms with Gasteiger partial charge in [0.2, 0.25) is 5.91 Å². The third-order valence-corrected chi connectivity index (χ3v) is 6.24. The summed E-state index contributed by atoms with van der Waals surface area (Å²) in [6.07, 6.45) is 8.37. The zero-order valence-corrected chi connectivity index (χ0v) is 21.2. The number of halogens is 1. The predicted octanol–water partition coefficient (Wildman–Crippen LogP) is 5.18. The number of pyridine rings is 2. The SMILES string of the molecule is Cc1cn(-c2ccnc3nc(-c4n[nH]c5ccc(-c6cncc(NC(=O)C(C)(C)C)c6)c(F)c45)[nH]c23)cn1. The van der Waals surface area contributed by atoms with E-state index in [4.69, 9.17) is 0 Å². The molecule has 0 atom stereocenters. The highest BCUT2D eigenvalue weighted by Crippen LogP contribution is 2.35. The van der Waals surface area contributed by atoms with Gasteiger partial charge in [-0.05, 0) is 31.2 Å². The van der Waals surface area contributed by atoms with Gasteiger partial charge in [0.1, 0.15) is 17.0 Å². The highest BCUT2D eigenvalue weighted by Gasteiger charge is 2.23. The lowest BCUT2D eigenvalue weighted by Crippen LogP contribution is -2.27. The second-order valence-corrected chi connectivity index (χ2v) is 10.1. The Morgan fingerprint density at radius 3 is 2.74 bits per heavy atom. The Morgan fingerprint density at radius 1 is 1.13 bits per heavy atom. The minimum absolute atomic E-state index is 0.159. The number of nitrogens with one attached hydrogen (secondary N) is 3. The predicted molar refractivity (Wildman–Crippen MR) is 142 cm³/mol. The number of hydrogen-bond acceptors (Lipinski definition) is 6. The standard InChI is InChI=1S/C27H24FN9O/c1-14-12-37(13-31-14)19-7-8-30-24-22(19)33-25(34-24)23-20-18(35-36-23)6-5-17(21(20)28)15-9-16(11-29-10-15)32-26(38)27(2,3)4/h5-13H,1-4H3,(H,32,38)(H,35,36)(H,30,33,34). The molecule has 0 spiro atoms. The van der Waals surface area contributed by atoms with Crippen LogP contribution in [0.3, 0.4) is 0 Å². The molecule has 5 heterocycles. The first kappa shape index (κ1) is 23.5. The molecule has 0 bridgehead atoms. The number of anilines is 1. The van der Waals surface area contributed by atoms with Crippen LogP contribution in [0, 0.1) is 18.2 Å². The summed E-state index contributed by atoms with van der Waals surface area (Å²) in [5, 5.41) is 10.4. The van der Waals surface area contributed by atoms with E-state index in [0.29, 0.717) is 45.0 Å². The van der Waals surface area contributed by atoms with Crippen molar-refractivity contribution in [3.8, 4) is 28.3 Å². The molecule has 5 aromatic heterocycles. The summed E-state index contributed by atoms with van der Waals surface area (Å²) < 4.78 is 18.0. The minimum Gasteiger partial charge on any atom is -0.333 e. The number of hydrogen-bond donors (Lipinski definition) is 3. The molecule has 10 nitrogen and oxygen atoms in total. The van der Waals surface area contributed by atoms with Crippen LogP contribution >= 0.6 is 0 Å². The summed E-state index contributed by atoms with van der Waals surface area (Å²) in [6, 6.07) is 6.97. The lowest BCUT2D eigenvalue weighted by atomic mass is 9.95. The average Bonchev–Trinajstić information content (AvgIpc) is 3.61. The number of H-pyrrole nitrogens is 2. The maximum Gasteiger partial charge on any atom is 0.229 e. The number of amides is 1. The first-order valence-electron chi connectivity index (χ1n) is 12.0. The van der Waals surface area contributed by atoms with Gasteiger partial charge in [-0.1, -0.05) is 20.8 Å². The molecule has 0 aliphatic carbocycles. The van der Waals surface area contributed by atoms with Crippen LogP contribution in [-0.2, 0) is 4.79 Å². The molecule has 0 fully saturated rings. The fourth-order valence-corrected chi connectivity index (χ4v) is 4.22. The highest BCUT2D eigenvalue weighted by atomic mass is 19.1. The molecule has 0 radical (unpaired) electrons. The normalized spacial score (nSPS) is 11.9. The molecule has 6 aromatic rings. The van der Waals surface area contributed by atoms with E-state index in [9.17, 15) is 4.79 Å². The van der Waals surface area contributed by atoms with E-state index in [1.165, 1.54) is 6.20 Å². The minimum atomic E-state index is -0.580.